The third-order valence-electron chi connectivity index (χ3n) is 2.98. The number of amides is 1. The number of benzene rings is 1. The summed E-state index contributed by atoms with van der Waals surface area (Å²) in [7, 11) is 0. The molecule has 0 aliphatic carbocycles. The molecule has 1 fully saturated rings. The fourth-order valence-electron chi connectivity index (χ4n) is 1.82. The number of rotatable bonds is 3. The number of aryl methyl sites for hydroxylation is 1. The van der Waals surface area contributed by atoms with Crippen LogP contribution in [0.5, 0.6) is 5.75 Å². The average Bonchev–Trinajstić information content (AvgIpc) is 2.40. The van der Waals surface area contributed by atoms with Gasteiger partial charge in [0, 0.05) is 24.7 Å². The number of hydrogen-bond acceptors (Lipinski definition) is 4. The van der Waals surface area contributed by atoms with Crippen molar-refractivity contribution in [2.75, 3.05) is 26.3 Å². The number of phenolic OH excluding ortho intramolecular Hbond substituents is 1. The minimum absolute atomic E-state index is 0.141. The summed E-state index contributed by atoms with van der Waals surface area (Å²) in [6, 6.07) is 5.07. The number of morpholine rings is 1. The minimum Gasteiger partial charge on any atom is -0.508 e. The first-order valence-electron chi connectivity index (χ1n) is 6.06. The van der Waals surface area contributed by atoms with Crippen molar-refractivity contribution in [2.45, 2.75) is 13.0 Å². The summed E-state index contributed by atoms with van der Waals surface area (Å²) in [4.78, 5) is 11.9. The third-order valence-corrected chi connectivity index (χ3v) is 2.98. The largest absolute Gasteiger partial charge is 0.508 e. The molecule has 1 aromatic carbocycles. The molecule has 1 atom stereocenters. The first-order chi connectivity index (χ1) is 8.66. The second kappa shape index (κ2) is 5.84. The van der Waals surface area contributed by atoms with Gasteiger partial charge in [0.05, 0.1) is 13.2 Å². The molecule has 0 aromatic heterocycles. The van der Waals surface area contributed by atoms with Crippen LogP contribution < -0.4 is 10.6 Å². The molecule has 0 radical (unpaired) electrons. The van der Waals surface area contributed by atoms with Crippen molar-refractivity contribution in [1.29, 1.82) is 0 Å². The van der Waals surface area contributed by atoms with Crippen LogP contribution in [0.1, 0.15) is 15.9 Å². The Bertz CT molecular complexity index is 428. The van der Waals surface area contributed by atoms with Crippen molar-refractivity contribution in [1.82, 2.24) is 10.6 Å². The van der Waals surface area contributed by atoms with Crippen LogP contribution in [0.15, 0.2) is 18.2 Å². The van der Waals surface area contributed by atoms with Gasteiger partial charge in [-0.05, 0) is 24.6 Å². The zero-order valence-electron chi connectivity index (χ0n) is 10.4. The highest BCUT2D eigenvalue weighted by molar-refractivity contribution is 5.94. The van der Waals surface area contributed by atoms with Gasteiger partial charge in [-0.3, -0.25) is 4.79 Å². The molecular weight excluding hydrogens is 232 g/mol. The number of carbonyl (C=O) groups is 1. The van der Waals surface area contributed by atoms with Gasteiger partial charge in [-0.2, -0.15) is 0 Å². The lowest BCUT2D eigenvalue weighted by molar-refractivity contribution is 0.0734. The molecule has 0 spiro atoms. The van der Waals surface area contributed by atoms with Gasteiger partial charge in [-0.25, -0.2) is 0 Å². The smallest absolute Gasteiger partial charge is 0.251 e. The summed E-state index contributed by atoms with van der Waals surface area (Å²) in [5.74, 6) is -0.0422. The summed E-state index contributed by atoms with van der Waals surface area (Å²) < 4.78 is 5.30. The second-order valence-electron chi connectivity index (χ2n) is 4.44. The second-order valence-corrected chi connectivity index (χ2v) is 4.44. The molecule has 1 aliphatic rings. The highest BCUT2D eigenvalue weighted by atomic mass is 16.5. The number of ether oxygens (including phenoxy) is 1. The Kier molecular flexibility index (Phi) is 4.17. The monoisotopic (exact) mass is 250 g/mol. The van der Waals surface area contributed by atoms with Gasteiger partial charge in [0.1, 0.15) is 5.75 Å². The molecule has 2 rings (SSSR count). The Morgan fingerprint density at radius 1 is 1.61 bits per heavy atom. The van der Waals surface area contributed by atoms with Crippen LogP contribution in [0.25, 0.3) is 0 Å². The predicted molar refractivity (Wildman–Crippen MR) is 67.8 cm³/mol. The summed E-state index contributed by atoms with van der Waals surface area (Å²) in [6.07, 6.45) is 0. The molecule has 3 N–H and O–H groups in total. The lowest BCUT2D eigenvalue weighted by Crippen LogP contribution is -2.48. The topological polar surface area (TPSA) is 70.6 Å². The van der Waals surface area contributed by atoms with Crippen molar-refractivity contribution in [3.05, 3.63) is 29.3 Å². The quantitative estimate of drug-likeness (QED) is 0.727. The number of carbonyl (C=O) groups excluding carboxylic acids is 1. The maximum atomic E-state index is 11.9. The normalized spacial score (nSPS) is 19.5. The van der Waals surface area contributed by atoms with Crippen molar-refractivity contribution in [3.8, 4) is 5.75 Å². The Balaban J connectivity index is 1.88. The van der Waals surface area contributed by atoms with E-state index in [2.05, 4.69) is 10.6 Å². The SMILES string of the molecule is Cc1ccc(C(=O)NCC2COCCN2)cc1O. The van der Waals surface area contributed by atoms with Crippen LogP contribution in [0.2, 0.25) is 0 Å². The average molecular weight is 250 g/mol. The predicted octanol–water partition coefficient (Wildman–Crippen LogP) is 0.419. The Morgan fingerprint density at radius 2 is 2.44 bits per heavy atom. The summed E-state index contributed by atoms with van der Waals surface area (Å²) >= 11 is 0. The first-order valence-corrected chi connectivity index (χ1v) is 6.06. The van der Waals surface area contributed by atoms with Gasteiger partial charge in [0.25, 0.3) is 5.91 Å². The maximum Gasteiger partial charge on any atom is 0.251 e. The fourth-order valence-corrected chi connectivity index (χ4v) is 1.82. The number of hydrogen-bond donors (Lipinski definition) is 3. The van der Waals surface area contributed by atoms with Crippen LogP contribution in [0.3, 0.4) is 0 Å². The molecule has 0 bridgehead atoms. The molecule has 18 heavy (non-hydrogen) atoms. The highest BCUT2D eigenvalue weighted by Gasteiger charge is 2.14. The minimum atomic E-state index is -0.183. The van der Waals surface area contributed by atoms with Crippen molar-refractivity contribution >= 4 is 5.91 Å². The van der Waals surface area contributed by atoms with Crippen molar-refractivity contribution < 1.29 is 14.6 Å². The van der Waals surface area contributed by atoms with Gasteiger partial charge in [0.15, 0.2) is 0 Å². The molecule has 1 aliphatic heterocycles. The van der Waals surface area contributed by atoms with Gasteiger partial charge in [0.2, 0.25) is 0 Å². The van der Waals surface area contributed by atoms with Crippen LogP contribution in [-0.2, 0) is 4.74 Å². The zero-order chi connectivity index (χ0) is 13.0. The van der Waals surface area contributed by atoms with E-state index in [1.165, 1.54) is 6.07 Å². The van der Waals surface area contributed by atoms with Crippen LogP contribution >= 0.6 is 0 Å². The summed E-state index contributed by atoms with van der Waals surface area (Å²) in [6.45, 7) is 4.45. The van der Waals surface area contributed by atoms with Crippen molar-refractivity contribution in [3.63, 3.8) is 0 Å². The lowest BCUT2D eigenvalue weighted by Gasteiger charge is -2.23. The van der Waals surface area contributed by atoms with E-state index in [-0.39, 0.29) is 17.7 Å². The van der Waals surface area contributed by atoms with Gasteiger partial charge < -0.3 is 20.5 Å². The van der Waals surface area contributed by atoms with E-state index in [0.29, 0.717) is 18.7 Å². The Morgan fingerprint density at radius 3 is 3.11 bits per heavy atom. The van der Waals surface area contributed by atoms with E-state index in [1.807, 2.05) is 0 Å². The fraction of sp³-hybridized carbons (Fsp3) is 0.462. The molecule has 5 nitrogen and oxygen atoms in total. The number of aromatic hydroxyl groups is 1. The van der Waals surface area contributed by atoms with E-state index in [9.17, 15) is 9.90 Å². The molecule has 1 amide bonds. The number of phenols is 1. The zero-order valence-corrected chi connectivity index (χ0v) is 10.4. The van der Waals surface area contributed by atoms with Gasteiger partial charge in [-0.1, -0.05) is 6.07 Å². The third kappa shape index (κ3) is 3.21. The molecule has 98 valence electrons. The lowest BCUT2D eigenvalue weighted by atomic mass is 10.1. The van der Waals surface area contributed by atoms with E-state index in [0.717, 1.165) is 18.7 Å². The molecular formula is C13H18N2O3. The van der Waals surface area contributed by atoms with E-state index in [4.69, 9.17) is 4.74 Å². The van der Waals surface area contributed by atoms with Gasteiger partial charge in [-0.15, -0.1) is 0 Å². The first kappa shape index (κ1) is 12.9. The standard InChI is InChI=1S/C13H18N2O3/c1-9-2-3-10(6-12(9)16)13(17)15-7-11-8-18-5-4-14-11/h2-3,6,11,14,16H,4-5,7-8H2,1H3,(H,15,17). The Hall–Kier alpha value is -1.59. The van der Waals surface area contributed by atoms with E-state index >= 15 is 0 Å². The van der Waals surface area contributed by atoms with Crippen molar-refractivity contribution in [2.24, 2.45) is 0 Å². The summed E-state index contributed by atoms with van der Waals surface area (Å²) in [5.41, 5.74) is 1.23. The molecule has 1 aromatic rings. The summed E-state index contributed by atoms with van der Waals surface area (Å²) in [5, 5.41) is 15.6. The van der Waals surface area contributed by atoms with Crippen LogP contribution in [0.4, 0.5) is 0 Å². The maximum absolute atomic E-state index is 11.9. The van der Waals surface area contributed by atoms with E-state index < -0.39 is 0 Å². The molecule has 0 saturated carbocycles. The molecule has 1 unspecified atom stereocenters. The Labute approximate surface area is 106 Å². The van der Waals surface area contributed by atoms with Crippen LogP contribution in [0, 0.1) is 6.92 Å². The number of nitrogens with one attached hydrogen (secondary N) is 2. The van der Waals surface area contributed by atoms with Crippen LogP contribution in [-0.4, -0.2) is 43.4 Å². The highest BCUT2D eigenvalue weighted by Crippen LogP contribution is 2.17. The molecule has 5 heteroatoms. The molecule has 1 heterocycles. The van der Waals surface area contributed by atoms with E-state index in [1.54, 1.807) is 19.1 Å². The molecule has 1 saturated heterocycles. The van der Waals surface area contributed by atoms with Gasteiger partial charge >= 0.3 is 0 Å².